The van der Waals surface area contributed by atoms with Crippen LogP contribution in [0.1, 0.15) is 32.1 Å². The van der Waals surface area contributed by atoms with Crippen LogP contribution in [-0.2, 0) is 4.74 Å². The first-order valence-corrected chi connectivity index (χ1v) is 7.59. The molecule has 5 heteroatoms. The molecule has 0 bridgehead atoms. The molecule has 0 radical (unpaired) electrons. The highest BCUT2D eigenvalue weighted by Crippen LogP contribution is 2.39. The Kier molecular flexibility index (Phi) is 4.26. The summed E-state index contributed by atoms with van der Waals surface area (Å²) >= 11 is 0. The van der Waals surface area contributed by atoms with Gasteiger partial charge in [0.2, 0.25) is 5.88 Å². The van der Waals surface area contributed by atoms with Gasteiger partial charge in [0.1, 0.15) is 0 Å². The predicted octanol–water partition coefficient (Wildman–Crippen LogP) is 2.74. The summed E-state index contributed by atoms with van der Waals surface area (Å²) in [5, 5.41) is 12.4. The number of nitriles is 1. The highest BCUT2D eigenvalue weighted by atomic mass is 16.5. The summed E-state index contributed by atoms with van der Waals surface area (Å²) in [5.41, 5.74) is 1.02. The molecule has 1 aliphatic heterocycles. The second-order valence-electron chi connectivity index (χ2n) is 5.83. The number of methoxy groups -OCH3 is 1. The largest absolute Gasteiger partial charge is 0.481 e. The van der Waals surface area contributed by atoms with E-state index in [2.05, 4.69) is 16.4 Å². The summed E-state index contributed by atoms with van der Waals surface area (Å²) in [6, 6.07) is 6.50. The van der Waals surface area contributed by atoms with Crippen LogP contribution in [0.2, 0.25) is 0 Å². The molecule has 0 amide bonds. The Labute approximate surface area is 125 Å². The average molecular weight is 287 g/mol. The lowest BCUT2D eigenvalue weighted by atomic mass is 9.81. The van der Waals surface area contributed by atoms with E-state index in [-0.39, 0.29) is 6.10 Å². The summed E-state index contributed by atoms with van der Waals surface area (Å²) in [7, 11) is 1.62. The molecule has 1 saturated heterocycles. The molecule has 1 saturated carbocycles. The molecular formula is C16H21N3O2. The van der Waals surface area contributed by atoms with E-state index < -0.39 is 0 Å². The first-order valence-electron chi connectivity index (χ1n) is 7.59. The van der Waals surface area contributed by atoms with Gasteiger partial charge in [0, 0.05) is 18.0 Å². The van der Waals surface area contributed by atoms with Crippen LogP contribution < -0.4 is 10.1 Å². The van der Waals surface area contributed by atoms with Crippen LogP contribution in [0.4, 0.5) is 5.69 Å². The minimum atomic E-state index is 0.112. The van der Waals surface area contributed by atoms with Crippen molar-refractivity contribution in [3.05, 3.63) is 18.3 Å². The summed E-state index contributed by atoms with van der Waals surface area (Å²) in [6.45, 7) is 0. The third-order valence-electron chi connectivity index (χ3n) is 4.52. The van der Waals surface area contributed by atoms with Crippen LogP contribution in [0.5, 0.6) is 5.88 Å². The van der Waals surface area contributed by atoms with Gasteiger partial charge in [0.05, 0.1) is 43.7 Å². The Morgan fingerprint density at radius 3 is 3.10 bits per heavy atom. The standard InChI is InChI=1S/C16H21N3O2/c1-20-16-6-5-11(10-18-16)19-14-3-2-4-15-13(14)9-12(21-15)7-8-17/h5-6,10,12-15,19H,2-4,7,9H2,1H3/t12-,13+,14+,15-/m0/s1. The second-order valence-corrected chi connectivity index (χ2v) is 5.83. The van der Waals surface area contributed by atoms with Crippen molar-refractivity contribution in [2.75, 3.05) is 12.4 Å². The monoisotopic (exact) mass is 287 g/mol. The average Bonchev–Trinajstić information content (AvgIpc) is 2.92. The number of nitrogens with one attached hydrogen (secondary N) is 1. The van der Waals surface area contributed by atoms with Crippen LogP contribution in [0.15, 0.2) is 18.3 Å². The zero-order valence-electron chi connectivity index (χ0n) is 12.3. The summed E-state index contributed by atoms with van der Waals surface area (Å²) in [6.07, 6.45) is 7.15. The maximum Gasteiger partial charge on any atom is 0.213 e. The maximum atomic E-state index is 8.84. The van der Waals surface area contributed by atoms with E-state index in [4.69, 9.17) is 14.7 Å². The normalized spacial score (nSPS) is 31.2. The Bertz CT molecular complexity index is 511. The number of nitrogens with zero attached hydrogens (tertiary/aromatic N) is 2. The summed E-state index contributed by atoms with van der Waals surface area (Å²) < 4.78 is 11.1. The van der Waals surface area contributed by atoms with Crippen molar-refractivity contribution >= 4 is 5.69 Å². The van der Waals surface area contributed by atoms with Crippen molar-refractivity contribution in [2.24, 2.45) is 5.92 Å². The van der Waals surface area contributed by atoms with Gasteiger partial charge < -0.3 is 14.8 Å². The lowest BCUT2D eigenvalue weighted by Crippen LogP contribution is -2.38. The summed E-state index contributed by atoms with van der Waals surface area (Å²) in [5.74, 6) is 1.12. The Hall–Kier alpha value is -1.80. The molecule has 1 N–H and O–H groups in total. The molecule has 3 rings (SSSR count). The van der Waals surface area contributed by atoms with E-state index >= 15 is 0 Å². The van der Waals surface area contributed by atoms with Gasteiger partial charge in [-0.25, -0.2) is 4.98 Å². The molecule has 112 valence electrons. The van der Waals surface area contributed by atoms with E-state index in [9.17, 15) is 0 Å². The van der Waals surface area contributed by atoms with Crippen molar-refractivity contribution in [3.63, 3.8) is 0 Å². The lowest BCUT2D eigenvalue weighted by molar-refractivity contribution is 0.0189. The number of pyridine rings is 1. The van der Waals surface area contributed by atoms with Gasteiger partial charge in [-0.2, -0.15) is 5.26 Å². The van der Waals surface area contributed by atoms with Crippen molar-refractivity contribution in [1.82, 2.24) is 4.98 Å². The number of anilines is 1. The molecule has 2 heterocycles. The van der Waals surface area contributed by atoms with Gasteiger partial charge in [-0.15, -0.1) is 0 Å². The highest BCUT2D eigenvalue weighted by molar-refractivity contribution is 5.43. The first-order chi connectivity index (χ1) is 10.3. The highest BCUT2D eigenvalue weighted by Gasteiger charge is 2.41. The van der Waals surface area contributed by atoms with Gasteiger partial charge in [-0.3, -0.25) is 0 Å². The smallest absolute Gasteiger partial charge is 0.213 e. The molecule has 5 nitrogen and oxygen atoms in total. The van der Waals surface area contributed by atoms with Gasteiger partial charge in [-0.1, -0.05) is 0 Å². The molecule has 21 heavy (non-hydrogen) atoms. The predicted molar refractivity (Wildman–Crippen MR) is 79.0 cm³/mol. The van der Waals surface area contributed by atoms with Crippen LogP contribution in [0, 0.1) is 17.2 Å². The van der Waals surface area contributed by atoms with E-state index in [1.807, 2.05) is 18.3 Å². The van der Waals surface area contributed by atoms with Gasteiger partial charge in [0.25, 0.3) is 0 Å². The third kappa shape index (κ3) is 3.11. The number of fused-ring (bicyclic) bond motifs is 1. The quantitative estimate of drug-likeness (QED) is 0.922. The minimum Gasteiger partial charge on any atom is -0.481 e. The van der Waals surface area contributed by atoms with E-state index in [0.717, 1.165) is 24.9 Å². The second kappa shape index (κ2) is 6.31. The molecule has 1 aromatic rings. The van der Waals surface area contributed by atoms with Crippen LogP contribution >= 0.6 is 0 Å². The van der Waals surface area contributed by atoms with Crippen LogP contribution in [-0.4, -0.2) is 30.3 Å². The van der Waals surface area contributed by atoms with Crippen molar-refractivity contribution in [1.29, 1.82) is 5.26 Å². The molecule has 0 spiro atoms. The maximum absolute atomic E-state index is 8.84. The molecule has 0 aromatic carbocycles. The summed E-state index contributed by atoms with van der Waals surface area (Å²) in [4.78, 5) is 4.23. The van der Waals surface area contributed by atoms with Gasteiger partial charge in [0.15, 0.2) is 0 Å². The van der Waals surface area contributed by atoms with E-state index in [1.165, 1.54) is 6.42 Å². The van der Waals surface area contributed by atoms with Gasteiger partial charge in [-0.05, 0) is 31.7 Å². The topological polar surface area (TPSA) is 67.2 Å². The number of hydrogen-bond donors (Lipinski definition) is 1. The lowest BCUT2D eigenvalue weighted by Gasteiger charge is -2.33. The molecule has 1 aliphatic carbocycles. The molecule has 4 atom stereocenters. The fourth-order valence-electron chi connectivity index (χ4n) is 3.53. The first kappa shape index (κ1) is 14.2. The molecule has 0 unspecified atom stereocenters. The third-order valence-corrected chi connectivity index (χ3v) is 4.52. The molecule has 2 fully saturated rings. The Balaban J connectivity index is 1.65. The van der Waals surface area contributed by atoms with Crippen molar-refractivity contribution in [2.45, 2.75) is 50.4 Å². The number of rotatable bonds is 4. The van der Waals surface area contributed by atoms with E-state index in [1.54, 1.807) is 7.11 Å². The van der Waals surface area contributed by atoms with Gasteiger partial charge >= 0.3 is 0 Å². The number of aromatic nitrogens is 1. The number of ether oxygens (including phenoxy) is 2. The minimum absolute atomic E-state index is 0.112. The Morgan fingerprint density at radius 1 is 1.48 bits per heavy atom. The van der Waals surface area contributed by atoms with Crippen LogP contribution in [0.3, 0.4) is 0 Å². The zero-order valence-corrected chi connectivity index (χ0v) is 12.3. The Morgan fingerprint density at radius 2 is 2.38 bits per heavy atom. The van der Waals surface area contributed by atoms with Crippen LogP contribution in [0.25, 0.3) is 0 Å². The molecular weight excluding hydrogens is 266 g/mol. The fourth-order valence-corrected chi connectivity index (χ4v) is 3.53. The van der Waals surface area contributed by atoms with E-state index in [0.29, 0.717) is 30.4 Å². The number of hydrogen-bond acceptors (Lipinski definition) is 5. The fraction of sp³-hybridized carbons (Fsp3) is 0.625. The molecule has 1 aromatic heterocycles. The van der Waals surface area contributed by atoms with Crippen molar-refractivity contribution in [3.8, 4) is 11.9 Å². The van der Waals surface area contributed by atoms with Crippen molar-refractivity contribution < 1.29 is 9.47 Å². The molecule has 2 aliphatic rings. The SMILES string of the molecule is COc1ccc(N[C@@H]2CCC[C@@H]3O[C@@H](CC#N)C[C@@H]32)cn1. The zero-order chi connectivity index (χ0) is 14.7.